The first-order valence-corrected chi connectivity index (χ1v) is 9.06. The monoisotopic (exact) mass is 399 g/mol. The van der Waals surface area contributed by atoms with Gasteiger partial charge in [0, 0.05) is 36.4 Å². The number of hydrogen-bond donors (Lipinski definition) is 2. The Hall–Kier alpha value is -2.90. The fourth-order valence-corrected chi connectivity index (χ4v) is 3.11. The molecule has 146 valence electrons. The van der Waals surface area contributed by atoms with E-state index < -0.39 is 0 Å². The number of ether oxygens (including phenoxy) is 1. The molecular weight excluding hydrogens is 378 g/mol. The maximum Gasteiger partial charge on any atom is 0.227 e. The number of methoxy groups -OCH3 is 1. The minimum Gasteiger partial charge on any atom is -0.494 e. The van der Waals surface area contributed by atoms with E-state index in [4.69, 9.17) is 16.3 Å². The lowest BCUT2D eigenvalue weighted by Gasteiger charge is -2.15. The molecule has 8 heteroatoms. The van der Waals surface area contributed by atoms with Crippen molar-refractivity contribution in [2.45, 2.75) is 13.5 Å². The SMILES string of the molecule is COc1ccc(Cl)c2cnc(Nc3cc(CN(C)C)cc(NC(C)=O)c3)nc12. The summed E-state index contributed by atoms with van der Waals surface area (Å²) in [5.41, 5.74) is 3.14. The first-order valence-electron chi connectivity index (χ1n) is 8.68. The van der Waals surface area contributed by atoms with Crippen LogP contribution in [0.3, 0.4) is 0 Å². The second-order valence-corrected chi connectivity index (χ2v) is 7.08. The quantitative estimate of drug-likeness (QED) is 0.650. The highest BCUT2D eigenvalue weighted by atomic mass is 35.5. The highest BCUT2D eigenvalue weighted by Crippen LogP contribution is 2.31. The van der Waals surface area contributed by atoms with Gasteiger partial charge in [0.15, 0.2) is 0 Å². The van der Waals surface area contributed by atoms with Gasteiger partial charge in [-0.1, -0.05) is 11.6 Å². The van der Waals surface area contributed by atoms with Crippen molar-refractivity contribution < 1.29 is 9.53 Å². The summed E-state index contributed by atoms with van der Waals surface area (Å²) in [6.07, 6.45) is 1.66. The number of benzene rings is 2. The smallest absolute Gasteiger partial charge is 0.227 e. The Morgan fingerprint density at radius 3 is 2.64 bits per heavy atom. The highest BCUT2D eigenvalue weighted by Gasteiger charge is 2.10. The third-order valence-corrected chi connectivity index (χ3v) is 4.28. The molecule has 7 nitrogen and oxygen atoms in total. The summed E-state index contributed by atoms with van der Waals surface area (Å²) in [5.74, 6) is 0.892. The number of anilines is 3. The third-order valence-electron chi connectivity index (χ3n) is 3.95. The number of carbonyl (C=O) groups is 1. The Balaban J connectivity index is 1.98. The van der Waals surface area contributed by atoms with Gasteiger partial charge in [-0.15, -0.1) is 0 Å². The van der Waals surface area contributed by atoms with Gasteiger partial charge in [-0.3, -0.25) is 4.79 Å². The van der Waals surface area contributed by atoms with E-state index in [0.29, 0.717) is 33.3 Å². The zero-order valence-electron chi connectivity index (χ0n) is 16.2. The highest BCUT2D eigenvalue weighted by molar-refractivity contribution is 6.35. The van der Waals surface area contributed by atoms with Gasteiger partial charge in [-0.2, -0.15) is 0 Å². The molecule has 0 aliphatic carbocycles. The van der Waals surface area contributed by atoms with Gasteiger partial charge >= 0.3 is 0 Å². The molecule has 0 unspecified atom stereocenters. The largest absolute Gasteiger partial charge is 0.494 e. The molecule has 2 aromatic carbocycles. The summed E-state index contributed by atoms with van der Waals surface area (Å²) in [7, 11) is 5.56. The van der Waals surface area contributed by atoms with Crippen molar-refractivity contribution in [3.63, 3.8) is 0 Å². The van der Waals surface area contributed by atoms with E-state index in [2.05, 4.69) is 25.5 Å². The van der Waals surface area contributed by atoms with E-state index >= 15 is 0 Å². The normalized spacial score (nSPS) is 10.9. The first kappa shape index (κ1) is 19.9. The van der Waals surface area contributed by atoms with Gasteiger partial charge in [0.05, 0.1) is 12.1 Å². The fourth-order valence-electron chi connectivity index (χ4n) is 2.91. The molecule has 0 saturated carbocycles. The topological polar surface area (TPSA) is 79.4 Å². The van der Waals surface area contributed by atoms with Crippen LogP contribution in [0, 0.1) is 0 Å². The Bertz CT molecular complexity index is 1020. The summed E-state index contributed by atoms with van der Waals surface area (Å²) < 4.78 is 5.38. The molecule has 0 atom stereocenters. The molecule has 3 aromatic rings. The number of halogens is 1. The number of carbonyl (C=O) groups excluding carboxylic acids is 1. The second-order valence-electron chi connectivity index (χ2n) is 6.67. The number of rotatable bonds is 6. The average molecular weight is 400 g/mol. The molecule has 1 amide bonds. The lowest BCUT2D eigenvalue weighted by Crippen LogP contribution is -2.12. The Kier molecular flexibility index (Phi) is 5.96. The van der Waals surface area contributed by atoms with Crippen molar-refractivity contribution in [3.05, 3.63) is 47.1 Å². The molecule has 0 spiro atoms. The molecule has 0 aliphatic heterocycles. The van der Waals surface area contributed by atoms with Crippen LogP contribution in [0.4, 0.5) is 17.3 Å². The Morgan fingerprint density at radius 2 is 1.96 bits per heavy atom. The summed E-state index contributed by atoms with van der Waals surface area (Å²) in [5, 5.41) is 7.30. The van der Waals surface area contributed by atoms with Crippen molar-refractivity contribution in [3.8, 4) is 5.75 Å². The van der Waals surface area contributed by atoms with Crippen LogP contribution in [0.25, 0.3) is 10.9 Å². The molecule has 28 heavy (non-hydrogen) atoms. The number of fused-ring (bicyclic) bond motifs is 1. The van der Waals surface area contributed by atoms with Crippen molar-refractivity contribution in [2.24, 2.45) is 0 Å². The van der Waals surface area contributed by atoms with Gasteiger partial charge < -0.3 is 20.3 Å². The van der Waals surface area contributed by atoms with Gasteiger partial charge in [-0.05, 0) is 50.0 Å². The van der Waals surface area contributed by atoms with Crippen molar-refractivity contribution in [2.75, 3.05) is 31.8 Å². The lowest BCUT2D eigenvalue weighted by atomic mass is 10.1. The summed E-state index contributed by atoms with van der Waals surface area (Å²) in [6.45, 7) is 2.21. The maximum atomic E-state index is 11.5. The van der Waals surface area contributed by atoms with Crippen molar-refractivity contribution >= 4 is 45.7 Å². The van der Waals surface area contributed by atoms with Crippen LogP contribution in [-0.2, 0) is 11.3 Å². The van der Waals surface area contributed by atoms with Crippen molar-refractivity contribution in [1.29, 1.82) is 0 Å². The standard InChI is InChI=1S/C20H22ClN5O2/c1-12(27)23-14-7-13(11-26(2)3)8-15(9-14)24-20-22-10-16-17(21)5-6-18(28-4)19(16)25-20/h5-10H,11H2,1-4H3,(H,23,27)(H,22,24,25). The van der Waals surface area contributed by atoms with E-state index in [-0.39, 0.29) is 5.91 Å². The van der Waals surface area contributed by atoms with Gasteiger partial charge in [-0.25, -0.2) is 9.97 Å². The summed E-state index contributed by atoms with van der Waals surface area (Å²) in [4.78, 5) is 22.4. The van der Waals surface area contributed by atoms with E-state index in [9.17, 15) is 4.79 Å². The van der Waals surface area contributed by atoms with Crippen LogP contribution in [0.2, 0.25) is 5.02 Å². The van der Waals surface area contributed by atoms with Gasteiger partial charge in [0.2, 0.25) is 11.9 Å². The molecule has 0 fully saturated rings. The van der Waals surface area contributed by atoms with E-state index in [1.165, 1.54) is 6.92 Å². The Morgan fingerprint density at radius 1 is 1.21 bits per heavy atom. The predicted octanol–water partition coefficient (Wildman–Crippen LogP) is 4.06. The van der Waals surface area contributed by atoms with Crippen LogP contribution in [0.1, 0.15) is 12.5 Å². The van der Waals surface area contributed by atoms with Gasteiger partial charge in [0.25, 0.3) is 0 Å². The molecule has 2 N–H and O–H groups in total. The number of amides is 1. The number of hydrogen-bond acceptors (Lipinski definition) is 6. The minimum absolute atomic E-state index is 0.130. The van der Waals surface area contributed by atoms with E-state index in [1.54, 1.807) is 25.4 Å². The summed E-state index contributed by atoms with van der Waals surface area (Å²) >= 11 is 6.24. The average Bonchev–Trinajstić information content (AvgIpc) is 2.60. The minimum atomic E-state index is -0.130. The first-order chi connectivity index (χ1) is 13.4. The third kappa shape index (κ3) is 4.68. The molecule has 1 aromatic heterocycles. The zero-order valence-corrected chi connectivity index (χ0v) is 17.0. The molecule has 0 radical (unpaired) electrons. The predicted molar refractivity (Wildman–Crippen MR) is 113 cm³/mol. The molecule has 0 saturated heterocycles. The lowest BCUT2D eigenvalue weighted by molar-refractivity contribution is -0.114. The summed E-state index contributed by atoms with van der Waals surface area (Å²) in [6, 6.07) is 9.30. The van der Waals surface area contributed by atoms with E-state index in [0.717, 1.165) is 17.8 Å². The zero-order chi connectivity index (χ0) is 20.3. The fraction of sp³-hybridized carbons (Fsp3) is 0.250. The number of nitrogens with one attached hydrogen (secondary N) is 2. The van der Waals surface area contributed by atoms with Crippen molar-refractivity contribution in [1.82, 2.24) is 14.9 Å². The molecule has 3 rings (SSSR count). The van der Waals surface area contributed by atoms with Crippen LogP contribution >= 0.6 is 11.6 Å². The van der Waals surface area contributed by atoms with Crippen LogP contribution in [0.5, 0.6) is 5.75 Å². The molecule has 1 heterocycles. The van der Waals surface area contributed by atoms with Crippen LogP contribution in [0.15, 0.2) is 36.5 Å². The van der Waals surface area contributed by atoms with Crippen LogP contribution in [-0.4, -0.2) is 42.0 Å². The Labute approximate surface area is 168 Å². The molecular formula is C20H22ClN5O2. The van der Waals surface area contributed by atoms with Gasteiger partial charge in [0.1, 0.15) is 11.3 Å². The maximum absolute atomic E-state index is 11.5. The molecule has 0 bridgehead atoms. The van der Waals surface area contributed by atoms with Crippen LogP contribution < -0.4 is 15.4 Å². The van der Waals surface area contributed by atoms with E-state index in [1.807, 2.05) is 32.3 Å². The number of aromatic nitrogens is 2. The second kappa shape index (κ2) is 8.41. The molecule has 0 aliphatic rings. The number of nitrogens with zero attached hydrogens (tertiary/aromatic N) is 3.